The number of hydrogen-bond donors (Lipinski definition) is 0. The quantitative estimate of drug-likeness (QED) is 0.175. The molecule has 0 saturated heterocycles. The van der Waals surface area contributed by atoms with Crippen LogP contribution in [0.2, 0.25) is 0 Å². The van der Waals surface area contributed by atoms with Crippen LogP contribution < -0.4 is 9.47 Å². The molecule has 188 valence electrons. The molecule has 5 nitrogen and oxygen atoms in total. The van der Waals surface area contributed by atoms with Gasteiger partial charge in [0.1, 0.15) is 6.54 Å². The third kappa shape index (κ3) is 10.1. The van der Waals surface area contributed by atoms with Gasteiger partial charge in [-0.05, 0) is 49.9 Å². The third-order valence-corrected chi connectivity index (χ3v) is 7.87. The Morgan fingerprint density at radius 1 is 0.794 bits per heavy atom. The molecule has 0 aliphatic rings. The molecule has 0 saturated carbocycles. The molecule has 34 heavy (non-hydrogen) atoms. The number of pyridine rings is 1. The fourth-order valence-electron chi connectivity index (χ4n) is 3.79. The summed E-state index contributed by atoms with van der Waals surface area (Å²) in [6, 6.07) is 13.1. The first-order valence-electron chi connectivity index (χ1n) is 12.9. The molecule has 0 fully saturated rings. The first-order valence-corrected chi connectivity index (χ1v) is 14.7. The van der Waals surface area contributed by atoms with E-state index in [2.05, 4.69) is 84.3 Å². The number of nitrogens with zero attached hydrogens (tertiary/aromatic N) is 2. The van der Waals surface area contributed by atoms with Crippen LogP contribution in [0.4, 0.5) is 5.69 Å². The van der Waals surface area contributed by atoms with E-state index in [0.29, 0.717) is 19.4 Å². The van der Waals surface area contributed by atoms with Crippen LogP contribution >= 0.6 is 7.60 Å². The average Bonchev–Trinajstić information content (AvgIpc) is 2.84. The number of hydrogen-bond acceptors (Lipinski definition) is 4. The topological polar surface area (TPSA) is 42.7 Å². The van der Waals surface area contributed by atoms with Gasteiger partial charge >= 0.3 is 7.60 Å². The molecule has 0 atom stereocenters. The lowest BCUT2D eigenvalue weighted by Crippen LogP contribution is -2.33. The summed E-state index contributed by atoms with van der Waals surface area (Å²) < 4.78 is 25.4. The number of unbranched alkanes of at least 4 members (excludes halogenated alkanes) is 2. The van der Waals surface area contributed by atoms with Crippen LogP contribution in [0.25, 0.3) is 12.2 Å². The van der Waals surface area contributed by atoms with Gasteiger partial charge in [-0.1, -0.05) is 51.0 Å². The van der Waals surface area contributed by atoms with Crippen molar-refractivity contribution < 1.29 is 18.2 Å². The van der Waals surface area contributed by atoms with Crippen LogP contribution in [0.5, 0.6) is 0 Å². The molecule has 1 heterocycles. The van der Waals surface area contributed by atoms with Crippen molar-refractivity contribution in [3.05, 3.63) is 59.9 Å². The molecule has 1 aromatic heterocycles. The molecule has 2 rings (SSSR count). The zero-order valence-corrected chi connectivity index (χ0v) is 22.5. The van der Waals surface area contributed by atoms with Crippen LogP contribution in [-0.2, 0) is 20.2 Å². The maximum absolute atomic E-state index is 12.6. The van der Waals surface area contributed by atoms with Crippen molar-refractivity contribution in [1.29, 1.82) is 0 Å². The summed E-state index contributed by atoms with van der Waals surface area (Å²) in [6.07, 6.45) is 14.5. The summed E-state index contributed by atoms with van der Waals surface area (Å²) >= 11 is 0. The van der Waals surface area contributed by atoms with Gasteiger partial charge in [0, 0.05) is 37.3 Å². The highest BCUT2D eigenvalue weighted by atomic mass is 31.2. The molecule has 0 bridgehead atoms. The SMILES string of the molecule is CCCCN(CCCC)c1ccc(C=Cc2cc[n+](CCCP(=O)(OCC)OCC)cc2)cc1. The van der Waals surface area contributed by atoms with Crippen molar-refractivity contribution in [2.75, 3.05) is 37.4 Å². The van der Waals surface area contributed by atoms with Crippen LogP contribution in [0.15, 0.2) is 48.8 Å². The van der Waals surface area contributed by atoms with E-state index in [0.717, 1.165) is 31.6 Å². The number of anilines is 1. The second kappa shape index (κ2) is 15.9. The van der Waals surface area contributed by atoms with Gasteiger partial charge in [0.05, 0.1) is 19.4 Å². The molecule has 0 aliphatic carbocycles. The predicted molar refractivity (Wildman–Crippen MR) is 144 cm³/mol. The number of benzene rings is 1. The number of aromatic nitrogens is 1. The van der Waals surface area contributed by atoms with E-state index in [-0.39, 0.29) is 0 Å². The van der Waals surface area contributed by atoms with Crippen molar-refractivity contribution >= 4 is 25.4 Å². The molecular weight excluding hydrogens is 443 g/mol. The Balaban J connectivity index is 1.90. The Labute approximate surface area is 207 Å². The Bertz CT molecular complexity index is 864. The van der Waals surface area contributed by atoms with Crippen molar-refractivity contribution in [2.45, 2.75) is 66.3 Å². The van der Waals surface area contributed by atoms with Gasteiger partial charge in [0.25, 0.3) is 0 Å². The lowest BCUT2D eigenvalue weighted by atomic mass is 10.1. The minimum atomic E-state index is -2.96. The summed E-state index contributed by atoms with van der Waals surface area (Å²) in [5.41, 5.74) is 3.68. The zero-order chi connectivity index (χ0) is 24.7. The Hall–Kier alpha value is -1.94. The van der Waals surface area contributed by atoms with Crippen molar-refractivity contribution in [3.63, 3.8) is 0 Å². The van der Waals surface area contributed by atoms with Crippen molar-refractivity contribution in [3.8, 4) is 0 Å². The Morgan fingerprint density at radius 2 is 1.32 bits per heavy atom. The van der Waals surface area contributed by atoms with E-state index in [1.807, 2.05) is 13.8 Å². The molecule has 2 aromatic rings. The van der Waals surface area contributed by atoms with Gasteiger partial charge < -0.3 is 13.9 Å². The van der Waals surface area contributed by atoms with Gasteiger partial charge in [-0.3, -0.25) is 4.57 Å². The smallest absolute Gasteiger partial charge is 0.330 e. The third-order valence-electron chi connectivity index (χ3n) is 5.71. The van der Waals surface area contributed by atoms with Gasteiger partial charge in [0.2, 0.25) is 0 Å². The van der Waals surface area contributed by atoms with Gasteiger partial charge in [0.15, 0.2) is 12.4 Å². The van der Waals surface area contributed by atoms with Gasteiger partial charge in [-0.15, -0.1) is 0 Å². The van der Waals surface area contributed by atoms with Crippen LogP contribution in [0, 0.1) is 0 Å². The molecule has 1 aromatic carbocycles. The van der Waals surface area contributed by atoms with E-state index in [1.165, 1.54) is 36.9 Å². The van der Waals surface area contributed by atoms with Gasteiger partial charge in [-0.25, -0.2) is 4.57 Å². The minimum Gasteiger partial charge on any atom is -0.372 e. The second-order valence-corrected chi connectivity index (χ2v) is 10.7. The Morgan fingerprint density at radius 3 is 1.82 bits per heavy atom. The van der Waals surface area contributed by atoms with E-state index in [4.69, 9.17) is 9.05 Å². The fourth-order valence-corrected chi connectivity index (χ4v) is 5.44. The summed E-state index contributed by atoms with van der Waals surface area (Å²) in [5.74, 6) is 0. The summed E-state index contributed by atoms with van der Waals surface area (Å²) in [6.45, 7) is 12.0. The number of rotatable bonds is 17. The molecule has 0 N–H and O–H groups in total. The summed E-state index contributed by atoms with van der Waals surface area (Å²) in [5, 5.41) is 0. The lowest BCUT2D eigenvalue weighted by molar-refractivity contribution is -0.696. The van der Waals surface area contributed by atoms with Gasteiger partial charge in [-0.2, -0.15) is 0 Å². The minimum absolute atomic E-state index is 0.407. The normalized spacial score (nSPS) is 11.9. The number of aryl methyl sites for hydroxylation is 1. The van der Waals surface area contributed by atoms with Crippen LogP contribution in [0.3, 0.4) is 0 Å². The van der Waals surface area contributed by atoms with E-state index in [9.17, 15) is 4.57 Å². The summed E-state index contributed by atoms with van der Waals surface area (Å²) in [4.78, 5) is 2.51. The first kappa shape index (κ1) is 28.3. The molecule has 0 radical (unpaired) electrons. The van der Waals surface area contributed by atoms with E-state index >= 15 is 0 Å². The van der Waals surface area contributed by atoms with E-state index < -0.39 is 7.60 Å². The van der Waals surface area contributed by atoms with Crippen LogP contribution in [0.1, 0.15) is 70.9 Å². The highest BCUT2D eigenvalue weighted by Gasteiger charge is 2.23. The second-order valence-electron chi connectivity index (χ2n) is 8.51. The van der Waals surface area contributed by atoms with Crippen molar-refractivity contribution in [1.82, 2.24) is 0 Å². The first-order chi connectivity index (χ1) is 16.5. The van der Waals surface area contributed by atoms with Crippen molar-refractivity contribution in [2.24, 2.45) is 0 Å². The van der Waals surface area contributed by atoms with Crippen LogP contribution in [-0.4, -0.2) is 32.5 Å². The maximum Gasteiger partial charge on any atom is 0.330 e. The molecule has 0 amide bonds. The molecule has 6 heteroatoms. The molecule has 0 spiro atoms. The highest BCUT2D eigenvalue weighted by Crippen LogP contribution is 2.48. The highest BCUT2D eigenvalue weighted by molar-refractivity contribution is 7.53. The fraction of sp³-hybridized carbons (Fsp3) is 0.536. The Kier molecular flexibility index (Phi) is 13.2. The largest absolute Gasteiger partial charge is 0.372 e. The van der Waals surface area contributed by atoms with E-state index in [1.54, 1.807) is 0 Å². The molecule has 0 aliphatic heterocycles. The lowest BCUT2D eigenvalue weighted by Gasteiger charge is -2.24. The summed E-state index contributed by atoms with van der Waals surface area (Å²) in [7, 11) is -2.96. The maximum atomic E-state index is 12.6. The molecule has 0 unspecified atom stereocenters. The standard InChI is InChI=1S/C28H44N2O3P/c1-5-9-21-30(22-10-6-2)28-16-14-26(15-17-28)12-13-27-18-23-29(24-19-27)20-11-25-34(31,32-7-3)33-8-4/h12-19,23-24H,5-11,20-22,25H2,1-4H3/q+1. The average molecular weight is 488 g/mol. The predicted octanol–water partition coefficient (Wildman–Crippen LogP) is 7.21. The monoisotopic (exact) mass is 487 g/mol. The zero-order valence-electron chi connectivity index (χ0n) is 21.6. The molecular formula is C28H44N2O3P+.